The highest BCUT2D eigenvalue weighted by atomic mass is 79.9. The molecule has 0 aliphatic heterocycles. The topological polar surface area (TPSA) is 48.3 Å². The molecule has 1 atom stereocenters. The summed E-state index contributed by atoms with van der Waals surface area (Å²) in [4.78, 5) is 0. The number of ether oxygens (including phenoxy) is 2. The van der Waals surface area contributed by atoms with Crippen LogP contribution in [-0.2, 0) is 22.9 Å². The van der Waals surface area contributed by atoms with Gasteiger partial charge in [0.15, 0.2) is 6.29 Å². The van der Waals surface area contributed by atoms with Crippen LogP contribution < -0.4 is 5.32 Å². The molecule has 0 amide bonds. The maximum Gasteiger partial charge on any atom is 0.173 e. The minimum atomic E-state index is -0.248. The molecule has 1 aromatic rings. The third-order valence-electron chi connectivity index (χ3n) is 3.04. The molecular weight excluding hydrogens is 310 g/mol. The molecule has 0 fully saturated rings. The van der Waals surface area contributed by atoms with E-state index in [9.17, 15) is 0 Å². The van der Waals surface area contributed by atoms with E-state index in [1.165, 1.54) is 0 Å². The molecule has 0 bridgehead atoms. The Bertz CT molecular complexity index is 389. The third kappa shape index (κ3) is 4.27. The first-order valence-electron chi connectivity index (χ1n) is 6.63. The summed E-state index contributed by atoms with van der Waals surface area (Å²) < 4.78 is 14.3. The first kappa shape index (κ1) is 16.6. The SMILES string of the molecule is CCOC(OCC)C(Cc1c(Br)c(C)nn1C)NC. The highest BCUT2D eigenvalue weighted by Gasteiger charge is 2.24. The van der Waals surface area contributed by atoms with Crippen LogP contribution in [0.25, 0.3) is 0 Å². The first-order valence-corrected chi connectivity index (χ1v) is 7.42. The largest absolute Gasteiger partial charge is 0.351 e. The van der Waals surface area contributed by atoms with E-state index in [-0.39, 0.29) is 12.3 Å². The van der Waals surface area contributed by atoms with Gasteiger partial charge in [0.2, 0.25) is 0 Å². The zero-order valence-corrected chi connectivity index (χ0v) is 14.0. The van der Waals surface area contributed by atoms with Gasteiger partial charge >= 0.3 is 0 Å². The van der Waals surface area contributed by atoms with Crippen LogP contribution in [0.2, 0.25) is 0 Å². The first-order chi connectivity index (χ1) is 9.04. The van der Waals surface area contributed by atoms with Crippen molar-refractivity contribution in [2.24, 2.45) is 7.05 Å². The van der Waals surface area contributed by atoms with Crippen molar-refractivity contribution < 1.29 is 9.47 Å². The second-order valence-electron chi connectivity index (χ2n) is 4.35. The molecule has 1 N–H and O–H groups in total. The van der Waals surface area contributed by atoms with Crippen LogP contribution in [-0.4, -0.2) is 42.4 Å². The number of halogens is 1. The number of likely N-dealkylation sites (N-methyl/N-ethyl adjacent to an activating group) is 1. The smallest absolute Gasteiger partial charge is 0.173 e. The van der Waals surface area contributed by atoms with Crippen molar-refractivity contribution in [3.05, 3.63) is 15.9 Å². The third-order valence-corrected chi connectivity index (χ3v) is 4.07. The molecule has 0 saturated heterocycles. The molecular formula is C13H24BrN3O2. The standard InChI is InChI=1S/C13H24BrN3O2/c1-6-18-13(19-7-2)10(15-4)8-11-12(14)9(3)16-17(11)5/h10,13,15H,6-8H2,1-5H3. The molecule has 1 heterocycles. The Hall–Kier alpha value is -0.430. The van der Waals surface area contributed by atoms with Gasteiger partial charge in [-0.2, -0.15) is 5.10 Å². The second-order valence-corrected chi connectivity index (χ2v) is 5.14. The molecule has 0 aliphatic carbocycles. The van der Waals surface area contributed by atoms with Crippen molar-refractivity contribution >= 4 is 15.9 Å². The Morgan fingerprint density at radius 1 is 1.32 bits per heavy atom. The van der Waals surface area contributed by atoms with Gasteiger partial charge in [0.1, 0.15) is 0 Å². The zero-order valence-electron chi connectivity index (χ0n) is 12.4. The fourth-order valence-corrected chi connectivity index (χ4v) is 2.55. The van der Waals surface area contributed by atoms with E-state index < -0.39 is 0 Å². The van der Waals surface area contributed by atoms with Gasteiger partial charge in [-0.3, -0.25) is 4.68 Å². The van der Waals surface area contributed by atoms with Crippen molar-refractivity contribution in [2.75, 3.05) is 20.3 Å². The number of hydrogen-bond donors (Lipinski definition) is 1. The van der Waals surface area contributed by atoms with Gasteiger partial charge in [0, 0.05) is 26.7 Å². The summed E-state index contributed by atoms with van der Waals surface area (Å²) in [6.07, 6.45) is 0.543. The van der Waals surface area contributed by atoms with Gasteiger partial charge in [-0.1, -0.05) is 0 Å². The lowest BCUT2D eigenvalue weighted by molar-refractivity contribution is -0.153. The predicted molar refractivity (Wildman–Crippen MR) is 79.2 cm³/mol. The van der Waals surface area contributed by atoms with Crippen molar-refractivity contribution in [3.63, 3.8) is 0 Å². The summed E-state index contributed by atoms with van der Waals surface area (Å²) in [6, 6.07) is 0.0889. The summed E-state index contributed by atoms with van der Waals surface area (Å²) in [5.74, 6) is 0. The van der Waals surface area contributed by atoms with Crippen LogP contribution in [0.3, 0.4) is 0 Å². The Morgan fingerprint density at radius 3 is 2.26 bits per heavy atom. The molecule has 0 saturated carbocycles. The lowest BCUT2D eigenvalue weighted by Crippen LogP contribution is -2.43. The number of hydrogen-bond acceptors (Lipinski definition) is 4. The molecule has 0 spiro atoms. The van der Waals surface area contributed by atoms with E-state index in [2.05, 4.69) is 26.3 Å². The summed E-state index contributed by atoms with van der Waals surface area (Å²) in [5, 5.41) is 7.68. The van der Waals surface area contributed by atoms with E-state index in [0.29, 0.717) is 13.2 Å². The molecule has 5 nitrogen and oxygen atoms in total. The Labute approximate surface area is 123 Å². The number of nitrogens with one attached hydrogen (secondary N) is 1. The van der Waals surface area contributed by atoms with E-state index in [1.54, 1.807) is 0 Å². The van der Waals surface area contributed by atoms with E-state index in [4.69, 9.17) is 9.47 Å². The van der Waals surface area contributed by atoms with Crippen molar-refractivity contribution in [1.82, 2.24) is 15.1 Å². The average Bonchev–Trinajstić information content (AvgIpc) is 2.61. The normalized spacial score (nSPS) is 13.2. The number of rotatable bonds is 8. The van der Waals surface area contributed by atoms with Crippen LogP contribution in [0, 0.1) is 6.92 Å². The fourth-order valence-electron chi connectivity index (χ4n) is 2.05. The lowest BCUT2D eigenvalue weighted by Gasteiger charge is -2.26. The van der Waals surface area contributed by atoms with Gasteiger partial charge in [-0.15, -0.1) is 0 Å². The molecule has 0 radical (unpaired) electrons. The van der Waals surface area contributed by atoms with E-state index in [0.717, 1.165) is 22.3 Å². The molecule has 110 valence electrons. The van der Waals surface area contributed by atoms with Crippen LogP contribution in [0.15, 0.2) is 4.47 Å². The van der Waals surface area contributed by atoms with Crippen LogP contribution in [0.4, 0.5) is 0 Å². The zero-order chi connectivity index (χ0) is 14.4. The van der Waals surface area contributed by atoms with Crippen LogP contribution >= 0.6 is 15.9 Å². The summed E-state index contributed by atoms with van der Waals surface area (Å²) in [7, 11) is 3.88. The van der Waals surface area contributed by atoms with Crippen molar-refractivity contribution in [1.29, 1.82) is 0 Å². The van der Waals surface area contributed by atoms with Gasteiger partial charge in [-0.25, -0.2) is 0 Å². The Balaban J connectivity index is 2.84. The van der Waals surface area contributed by atoms with Gasteiger partial charge in [0.25, 0.3) is 0 Å². The molecule has 0 aliphatic rings. The Kier molecular flexibility index (Phi) is 6.99. The monoisotopic (exact) mass is 333 g/mol. The fraction of sp³-hybridized carbons (Fsp3) is 0.769. The molecule has 19 heavy (non-hydrogen) atoms. The second kappa shape index (κ2) is 7.99. The number of aryl methyl sites for hydroxylation is 2. The molecule has 1 unspecified atom stereocenters. The summed E-state index contributed by atoms with van der Waals surface area (Å²) >= 11 is 3.59. The van der Waals surface area contributed by atoms with E-state index in [1.807, 2.05) is 39.5 Å². The lowest BCUT2D eigenvalue weighted by atomic mass is 10.1. The minimum absolute atomic E-state index is 0.0889. The van der Waals surface area contributed by atoms with Crippen LogP contribution in [0.5, 0.6) is 0 Å². The van der Waals surface area contributed by atoms with E-state index >= 15 is 0 Å². The number of aromatic nitrogens is 2. The van der Waals surface area contributed by atoms with Gasteiger partial charge < -0.3 is 14.8 Å². The maximum absolute atomic E-state index is 5.66. The van der Waals surface area contributed by atoms with Crippen LogP contribution in [0.1, 0.15) is 25.2 Å². The molecule has 1 aromatic heterocycles. The molecule has 6 heteroatoms. The van der Waals surface area contributed by atoms with Gasteiger partial charge in [-0.05, 0) is 43.7 Å². The highest BCUT2D eigenvalue weighted by molar-refractivity contribution is 9.10. The Morgan fingerprint density at radius 2 is 1.89 bits per heavy atom. The highest BCUT2D eigenvalue weighted by Crippen LogP contribution is 2.22. The quantitative estimate of drug-likeness (QED) is 0.739. The van der Waals surface area contributed by atoms with Gasteiger partial charge in [0.05, 0.1) is 21.9 Å². The molecule has 0 aromatic carbocycles. The summed E-state index contributed by atoms with van der Waals surface area (Å²) in [5.41, 5.74) is 2.14. The summed E-state index contributed by atoms with van der Waals surface area (Å²) in [6.45, 7) is 7.21. The van der Waals surface area contributed by atoms with Crippen molar-refractivity contribution in [2.45, 2.75) is 39.5 Å². The minimum Gasteiger partial charge on any atom is -0.351 e. The van der Waals surface area contributed by atoms with Crippen molar-refractivity contribution in [3.8, 4) is 0 Å². The molecule has 1 rings (SSSR count). The average molecular weight is 334 g/mol. The number of nitrogens with zero attached hydrogens (tertiary/aromatic N) is 2. The predicted octanol–water partition coefficient (Wildman–Crippen LogP) is 2.02. The maximum atomic E-state index is 5.66.